The molecule has 2 N–H and O–H groups in total. The molecular formula is C11H21NO4S. The van der Waals surface area contributed by atoms with Gasteiger partial charge in [-0.25, -0.2) is 8.42 Å². The predicted molar refractivity (Wildman–Crippen MR) is 65.2 cm³/mol. The van der Waals surface area contributed by atoms with E-state index in [0.717, 1.165) is 12.8 Å². The van der Waals surface area contributed by atoms with Crippen molar-refractivity contribution in [1.82, 2.24) is 0 Å². The van der Waals surface area contributed by atoms with Crippen LogP contribution in [0.4, 0.5) is 0 Å². The molecule has 0 saturated heterocycles. The summed E-state index contributed by atoms with van der Waals surface area (Å²) >= 11 is 0. The lowest BCUT2D eigenvalue weighted by atomic mass is 10.1. The van der Waals surface area contributed by atoms with Gasteiger partial charge in [0.25, 0.3) is 0 Å². The van der Waals surface area contributed by atoms with Crippen LogP contribution in [0.15, 0.2) is 0 Å². The van der Waals surface area contributed by atoms with Crippen LogP contribution in [0.5, 0.6) is 0 Å². The Labute approximate surface area is 103 Å². The lowest BCUT2D eigenvalue weighted by Crippen LogP contribution is -2.29. The average Bonchev–Trinajstić information content (AvgIpc) is 2.97. The van der Waals surface area contributed by atoms with Crippen LogP contribution < -0.4 is 5.73 Å². The van der Waals surface area contributed by atoms with Crippen LogP contribution in [0.1, 0.15) is 32.6 Å². The van der Waals surface area contributed by atoms with Gasteiger partial charge in [-0.2, -0.15) is 0 Å². The molecule has 1 aliphatic carbocycles. The molecule has 1 unspecified atom stereocenters. The van der Waals surface area contributed by atoms with Crippen molar-refractivity contribution in [1.29, 1.82) is 0 Å². The molecule has 1 fully saturated rings. The normalized spacial score (nSPS) is 19.7. The van der Waals surface area contributed by atoms with E-state index < -0.39 is 15.1 Å². The summed E-state index contributed by atoms with van der Waals surface area (Å²) in [7, 11) is -1.84. The van der Waals surface area contributed by atoms with Crippen molar-refractivity contribution in [3.63, 3.8) is 0 Å². The smallest absolute Gasteiger partial charge is 0.306 e. The largest absolute Gasteiger partial charge is 0.469 e. The first kappa shape index (κ1) is 14.4. The second kappa shape index (κ2) is 5.35. The van der Waals surface area contributed by atoms with Crippen LogP contribution in [0.2, 0.25) is 0 Å². The molecule has 0 aromatic carbocycles. The monoisotopic (exact) mass is 263 g/mol. The van der Waals surface area contributed by atoms with Crippen LogP contribution in [0.3, 0.4) is 0 Å². The Morgan fingerprint density at radius 1 is 1.47 bits per heavy atom. The molecule has 0 radical (unpaired) electrons. The molecule has 0 spiro atoms. The highest BCUT2D eigenvalue weighted by molar-refractivity contribution is 7.92. The molecule has 17 heavy (non-hydrogen) atoms. The van der Waals surface area contributed by atoms with Crippen LogP contribution in [-0.2, 0) is 19.4 Å². The van der Waals surface area contributed by atoms with Gasteiger partial charge in [-0.3, -0.25) is 4.79 Å². The number of carbonyl (C=O) groups excluding carboxylic acids is 1. The third kappa shape index (κ3) is 3.96. The van der Waals surface area contributed by atoms with E-state index in [1.54, 1.807) is 6.92 Å². The van der Waals surface area contributed by atoms with Crippen LogP contribution >= 0.6 is 0 Å². The Bertz CT molecular complexity index is 373. The first-order chi connectivity index (χ1) is 7.85. The Hall–Kier alpha value is -0.620. The average molecular weight is 263 g/mol. The van der Waals surface area contributed by atoms with Crippen molar-refractivity contribution in [2.45, 2.75) is 37.9 Å². The van der Waals surface area contributed by atoms with Gasteiger partial charge in [-0.1, -0.05) is 0 Å². The number of carbonyl (C=O) groups is 1. The molecule has 100 valence electrons. The standard InChI is InChI=1S/C11H21NO4S/c1-9(3-6-12)17(14,15)8-11(4-5-11)7-10(13)16-2/h9H,3-8,12H2,1-2H3. The molecule has 0 bridgehead atoms. The van der Waals surface area contributed by atoms with Crippen molar-refractivity contribution >= 4 is 15.8 Å². The molecule has 0 aromatic rings. The van der Waals surface area contributed by atoms with E-state index in [1.807, 2.05) is 0 Å². The number of ether oxygens (including phenoxy) is 1. The summed E-state index contributed by atoms with van der Waals surface area (Å²) in [6, 6.07) is 0. The molecule has 1 atom stereocenters. The SMILES string of the molecule is COC(=O)CC1(CS(=O)(=O)C(C)CCN)CC1. The lowest BCUT2D eigenvalue weighted by Gasteiger charge is -2.17. The summed E-state index contributed by atoms with van der Waals surface area (Å²) in [5.41, 5.74) is 5.00. The number of nitrogens with two attached hydrogens (primary N) is 1. The molecule has 1 aliphatic rings. The fourth-order valence-electron chi connectivity index (χ4n) is 1.91. The first-order valence-electron chi connectivity index (χ1n) is 5.84. The van der Waals surface area contributed by atoms with Crippen molar-refractivity contribution in [2.75, 3.05) is 19.4 Å². The lowest BCUT2D eigenvalue weighted by molar-refractivity contribution is -0.141. The van der Waals surface area contributed by atoms with Crippen LogP contribution in [-0.4, -0.2) is 39.0 Å². The van der Waals surface area contributed by atoms with Crippen molar-refractivity contribution < 1.29 is 17.9 Å². The molecule has 0 amide bonds. The Morgan fingerprint density at radius 2 is 2.06 bits per heavy atom. The zero-order valence-electron chi connectivity index (χ0n) is 10.4. The summed E-state index contributed by atoms with van der Waals surface area (Å²) in [6.07, 6.45) is 2.25. The minimum atomic E-state index is -3.16. The van der Waals surface area contributed by atoms with Crippen molar-refractivity contribution in [2.24, 2.45) is 11.1 Å². The van der Waals surface area contributed by atoms with E-state index in [-0.39, 0.29) is 23.6 Å². The van der Waals surface area contributed by atoms with Gasteiger partial charge in [-0.05, 0) is 38.1 Å². The summed E-state index contributed by atoms with van der Waals surface area (Å²) in [5, 5.41) is -0.428. The summed E-state index contributed by atoms with van der Waals surface area (Å²) < 4.78 is 28.7. The minimum Gasteiger partial charge on any atom is -0.469 e. The fourth-order valence-corrected chi connectivity index (χ4v) is 3.93. The van der Waals surface area contributed by atoms with Gasteiger partial charge >= 0.3 is 5.97 Å². The van der Waals surface area contributed by atoms with Gasteiger partial charge in [0, 0.05) is 0 Å². The molecule has 5 nitrogen and oxygen atoms in total. The van der Waals surface area contributed by atoms with Crippen molar-refractivity contribution in [3.8, 4) is 0 Å². The first-order valence-corrected chi connectivity index (χ1v) is 7.55. The van der Waals surface area contributed by atoms with Gasteiger partial charge in [0.15, 0.2) is 9.84 Å². The predicted octanol–water partition coefficient (Wildman–Crippen LogP) is 0.482. The summed E-state index contributed by atoms with van der Waals surface area (Å²) in [6.45, 7) is 2.04. The maximum absolute atomic E-state index is 12.0. The highest BCUT2D eigenvalue weighted by atomic mass is 32.2. The quantitative estimate of drug-likeness (QED) is 0.675. The van der Waals surface area contributed by atoms with Crippen LogP contribution in [0.25, 0.3) is 0 Å². The second-order valence-electron chi connectivity index (χ2n) is 4.95. The fraction of sp³-hybridized carbons (Fsp3) is 0.909. The van der Waals surface area contributed by atoms with E-state index >= 15 is 0 Å². The zero-order valence-corrected chi connectivity index (χ0v) is 11.3. The highest BCUT2D eigenvalue weighted by Gasteiger charge is 2.48. The summed E-state index contributed by atoms with van der Waals surface area (Å²) in [4.78, 5) is 11.2. The number of rotatable bonds is 7. The van der Waals surface area contributed by atoms with Gasteiger partial charge in [0.1, 0.15) is 0 Å². The number of esters is 1. The van der Waals surface area contributed by atoms with Gasteiger partial charge in [0.05, 0.1) is 24.5 Å². The number of hydrogen-bond acceptors (Lipinski definition) is 5. The highest BCUT2D eigenvalue weighted by Crippen LogP contribution is 2.50. The molecule has 0 aromatic heterocycles. The Kier molecular flexibility index (Phi) is 4.55. The van der Waals surface area contributed by atoms with E-state index in [0.29, 0.717) is 13.0 Å². The Balaban J connectivity index is 2.61. The molecule has 6 heteroatoms. The number of hydrogen-bond donors (Lipinski definition) is 1. The number of sulfone groups is 1. The number of methoxy groups -OCH3 is 1. The zero-order chi connectivity index (χ0) is 13.1. The van der Waals surface area contributed by atoms with Gasteiger partial charge in [-0.15, -0.1) is 0 Å². The maximum Gasteiger partial charge on any atom is 0.306 e. The van der Waals surface area contributed by atoms with Gasteiger partial charge in [0.2, 0.25) is 0 Å². The van der Waals surface area contributed by atoms with Gasteiger partial charge < -0.3 is 10.5 Å². The van der Waals surface area contributed by atoms with E-state index in [9.17, 15) is 13.2 Å². The molecule has 0 heterocycles. The maximum atomic E-state index is 12.0. The van der Waals surface area contributed by atoms with Crippen molar-refractivity contribution in [3.05, 3.63) is 0 Å². The van der Waals surface area contributed by atoms with Crippen LogP contribution in [0, 0.1) is 5.41 Å². The molecule has 1 rings (SSSR count). The third-order valence-electron chi connectivity index (χ3n) is 3.40. The Morgan fingerprint density at radius 3 is 2.47 bits per heavy atom. The molecular weight excluding hydrogens is 242 g/mol. The van der Waals surface area contributed by atoms with E-state index in [2.05, 4.69) is 4.74 Å². The topological polar surface area (TPSA) is 86.5 Å². The molecule has 0 aliphatic heterocycles. The third-order valence-corrected chi connectivity index (χ3v) is 5.87. The van der Waals surface area contributed by atoms with E-state index in [1.165, 1.54) is 7.11 Å². The molecule has 1 saturated carbocycles. The summed E-state index contributed by atoms with van der Waals surface area (Å²) in [5.74, 6) is -0.250. The van der Waals surface area contributed by atoms with E-state index in [4.69, 9.17) is 5.73 Å². The second-order valence-corrected chi connectivity index (χ2v) is 7.37. The minimum absolute atomic E-state index is 0.0796.